The molecule has 0 unspecified atom stereocenters. The number of benzene rings is 2. The first-order valence-electron chi connectivity index (χ1n) is 7.11. The Hall–Kier alpha value is -3.45. The smallest absolute Gasteiger partial charge is 0.181 e. The Bertz CT molecular complexity index is 1020. The zero-order valence-electron chi connectivity index (χ0n) is 12.9. The van der Waals surface area contributed by atoms with Crippen LogP contribution in [-0.4, -0.2) is 11.4 Å². The van der Waals surface area contributed by atoms with Crippen molar-refractivity contribution < 1.29 is 13.2 Å². The third kappa shape index (κ3) is 2.77. The Morgan fingerprint density at radius 2 is 1.64 bits per heavy atom. The average Bonchev–Trinajstić information content (AvgIpc) is 2.56. The van der Waals surface area contributed by atoms with Crippen LogP contribution in [0.3, 0.4) is 0 Å². The van der Waals surface area contributed by atoms with E-state index >= 15 is 0 Å². The number of halogens is 3. The van der Waals surface area contributed by atoms with Gasteiger partial charge in [0, 0.05) is 22.3 Å². The fraction of sp³-hybridized carbons (Fsp3) is 0.111. The lowest BCUT2D eigenvalue weighted by Gasteiger charge is -2.22. The molecule has 0 radical (unpaired) electrons. The Kier molecular flexibility index (Phi) is 3.86. The Morgan fingerprint density at radius 1 is 1.00 bits per heavy atom. The molecule has 3 rings (SSSR count). The Balaban J connectivity index is 2.40. The van der Waals surface area contributed by atoms with E-state index in [0.717, 1.165) is 17.7 Å². The first kappa shape index (κ1) is 16.4. The summed E-state index contributed by atoms with van der Waals surface area (Å²) in [5, 5.41) is 12.7. The number of fused-ring (bicyclic) bond motifs is 2. The fourth-order valence-electron chi connectivity index (χ4n) is 2.80. The van der Waals surface area contributed by atoms with Crippen molar-refractivity contribution >= 4 is 11.4 Å². The van der Waals surface area contributed by atoms with E-state index in [9.17, 15) is 13.2 Å². The van der Waals surface area contributed by atoms with Crippen molar-refractivity contribution in [1.29, 1.82) is 5.26 Å². The van der Waals surface area contributed by atoms with Crippen LogP contribution in [0.5, 0.6) is 0 Å². The molecule has 122 valence electrons. The van der Waals surface area contributed by atoms with E-state index in [1.807, 2.05) is 6.92 Å². The van der Waals surface area contributed by atoms with Gasteiger partial charge >= 0.3 is 6.18 Å². The van der Waals surface area contributed by atoms with Gasteiger partial charge in [-0.2, -0.15) is 30.0 Å². The van der Waals surface area contributed by atoms with Gasteiger partial charge in [0.1, 0.15) is 0 Å². The van der Waals surface area contributed by atoms with Gasteiger partial charge in [-0.1, -0.05) is 23.8 Å². The Labute approximate surface area is 141 Å². The molecule has 1 aliphatic carbocycles. The average molecular weight is 338 g/mol. The third-order valence-corrected chi connectivity index (χ3v) is 3.85. The predicted octanol–water partition coefficient (Wildman–Crippen LogP) is 4.32. The summed E-state index contributed by atoms with van der Waals surface area (Å²) >= 11 is 0. The molecule has 4 nitrogen and oxygen atoms in total. The van der Waals surface area contributed by atoms with Gasteiger partial charge < -0.3 is 0 Å². The van der Waals surface area contributed by atoms with E-state index in [2.05, 4.69) is 15.0 Å². The van der Waals surface area contributed by atoms with Crippen molar-refractivity contribution in [1.82, 2.24) is 0 Å². The topological polar surface area (TPSA) is 52.9 Å². The second-order valence-electron chi connectivity index (χ2n) is 5.42. The van der Waals surface area contributed by atoms with Gasteiger partial charge in [-0.3, -0.25) is 0 Å². The lowest BCUT2D eigenvalue weighted by molar-refractivity contribution is -0.137. The largest absolute Gasteiger partial charge is 0.416 e. The number of nitriles is 1. The molecule has 0 saturated carbocycles. The summed E-state index contributed by atoms with van der Waals surface area (Å²) < 4.78 is 39.2. The van der Waals surface area contributed by atoms with E-state index in [1.54, 1.807) is 24.4 Å². The van der Waals surface area contributed by atoms with Crippen molar-refractivity contribution in [2.45, 2.75) is 13.1 Å². The van der Waals surface area contributed by atoms with Gasteiger partial charge in [-0.05, 0) is 25.1 Å². The zero-order valence-corrected chi connectivity index (χ0v) is 12.9. The second kappa shape index (κ2) is 5.88. The second-order valence-corrected chi connectivity index (χ2v) is 5.42. The van der Waals surface area contributed by atoms with Crippen LogP contribution in [0.15, 0.2) is 46.5 Å². The molecule has 0 bridgehead atoms. The summed E-state index contributed by atoms with van der Waals surface area (Å²) in [6.07, 6.45) is -2.83. The van der Waals surface area contributed by atoms with E-state index in [0.29, 0.717) is 16.7 Å². The quantitative estimate of drug-likeness (QED) is 0.342. The van der Waals surface area contributed by atoms with E-state index in [-0.39, 0.29) is 17.0 Å². The highest BCUT2D eigenvalue weighted by Crippen LogP contribution is 2.35. The minimum absolute atomic E-state index is 0.135. The summed E-state index contributed by atoms with van der Waals surface area (Å²) in [6.45, 7) is 8.85. The fourth-order valence-corrected chi connectivity index (χ4v) is 2.80. The minimum atomic E-state index is -4.53. The highest BCUT2D eigenvalue weighted by Gasteiger charge is 2.35. The van der Waals surface area contributed by atoms with Gasteiger partial charge in [-0.15, -0.1) is 4.95 Å². The molecule has 0 atom stereocenters. The molecule has 2 aromatic rings. The van der Waals surface area contributed by atoms with Crippen molar-refractivity contribution in [2.75, 3.05) is 0 Å². The van der Waals surface area contributed by atoms with Crippen LogP contribution < -0.4 is 0 Å². The lowest BCUT2D eigenvalue weighted by atomic mass is 9.81. The van der Waals surface area contributed by atoms with Gasteiger partial charge in [0.05, 0.1) is 16.4 Å². The van der Waals surface area contributed by atoms with E-state index in [1.165, 1.54) is 6.07 Å². The highest BCUT2D eigenvalue weighted by molar-refractivity contribution is 6.32. The highest BCUT2D eigenvalue weighted by atomic mass is 19.4. The standard InChI is InChI=1S/C18H9F3N4/c1-10-3-5-13-14(7-10)16(24-9-22)12-6-4-11(18(19,20)21)8-15(12)17(13)25-23-2/h3-8H,1H3/b24-16?,25-17+. The van der Waals surface area contributed by atoms with E-state index in [4.69, 9.17) is 11.8 Å². The number of aliphatic imine (C=N–C) groups is 1. The van der Waals surface area contributed by atoms with Gasteiger partial charge in [0.2, 0.25) is 6.19 Å². The first-order chi connectivity index (χ1) is 11.9. The maximum atomic E-state index is 13.1. The Morgan fingerprint density at radius 3 is 2.28 bits per heavy atom. The van der Waals surface area contributed by atoms with Crippen molar-refractivity contribution in [2.24, 2.45) is 10.1 Å². The van der Waals surface area contributed by atoms with Crippen molar-refractivity contribution in [3.63, 3.8) is 0 Å². The number of nitrogens with zero attached hydrogens (tertiary/aromatic N) is 4. The molecule has 0 heterocycles. The molecular formula is C18H9F3N4. The number of rotatable bonds is 0. The summed E-state index contributed by atoms with van der Waals surface area (Å²) in [5.74, 6) is 0. The van der Waals surface area contributed by atoms with Crippen molar-refractivity contribution in [3.8, 4) is 6.19 Å². The zero-order chi connectivity index (χ0) is 18.2. The molecule has 0 aromatic heterocycles. The molecular weight excluding hydrogens is 329 g/mol. The molecule has 0 aliphatic heterocycles. The number of hydrogen-bond donors (Lipinski definition) is 0. The van der Waals surface area contributed by atoms with Crippen LogP contribution in [0.25, 0.3) is 4.95 Å². The van der Waals surface area contributed by atoms with Crippen molar-refractivity contribution in [3.05, 3.63) is 81.3 Å². The molecule has 25 heavy (non-hydrogen) atoms. The maximum Gasteiger partial charge on any atom is 0.416 e. The normalized spacial score (nSPS) is 16.1. The molecule has 7 heteroatoms. The van der Waals surface area contributed by atoms with Gasteiger partial charge in [0.25, 0.3) is 0 Å². The van der Waals surface area contributed by atoms with E-state index < -0.39 is 11.7 Å². The van der Waals surface area contributed by atoms with Crippen LogP contribution in [0.4, 0.5) is 13.2 Å². The summed E-state index contributed by atoms with van der Waals surface area (Å²) in [4.78, 5) is 6.80. The minimum Gasteiger partial charge on any atom is -0.181 e. The predicted molar refractivity (Wildman–Crippen MR) is 86.1 cm³/mol. The molecule has 0 N–H and O–H groups in total. The van der Waals surface area contributed by atoms with Crippen LogP contribution in [0.1, 0.15) is 33.4 Å². The summed E-state index contributed by atoms with van der Waals surface area (Å²) in [7, 11) is 0. The molecule has 0 fully saturated rings. The lowest BCUT2D eigenvalue weighted by Crippen LogP contribution is -2.23. The molecule has 2 aromatic carbocycles. The number of hydrogen-bond acceptors (Lipinski definition) is 3. The maximum absolute atomic E-state index is 13.1. The number of alkyl halides is 3. The SMILES string of the molecule is [C-]#[N+]/N=C1\c2ccc(C)cc2C(=NC#N)c2ccc(C(F)(F)F)cc21. The van der Waals surface area contributed by atoms with Crippen LogP contribution in [0.2, 0.25) is 0 Å². The summed E-state index contributed by atoms with van der Waals surface area (Å²) in [6, 6.07) is 8.34. The molecule has 0 spiro atoms. The van der Waals surface area contributed by atoms with Crippen LogP contribution in [-0.2, 0) is 6.18 Å². The first-order valence-corrected chi connectivity index (χ1v) is 7.11. The van der Waals surface area contributed by atoms with Crippen LogP contribution >= 0.6 is 0 Å². The van der Waals surface area contributed by atoms with Gasteiger partial charge in [0.15, 0.2) is 5.71 Å². The molecule has 0 amide bonds. The van der Waals surface area contributed by atoms with Crippen LogP contribution in [0, 0.1) is 25.0 Å². The van der Waals surface area contributed by atoms with Gasteiger partial charge in [-0.25, -0.2) is 0 Å². The summed E-state index contributed by atoms with van der Waals surface area (Å²) in [5.41, 5.74) is 1.97. The third-order valence-electron chi connectivity index (χ3n) is 3.85. The monoisotopic (exact) mass is 338 g/mol. The molecule has 1 aliphatic rings. The molecule has 0 saturated heterocycles. The number of aryl methyl sites for hydroxylation is 1.